The van der Waals surface area contributed by atoms with Crippen LogP contribution < -0.4 is 5.32 Å². The van der Waals surface area contributed by atoms with E-state index in [9.17, 15) is 4.79 Å². The van der Waals surface area contributed by atoms with Crippen LogP contribution in [0.3, 0.4) is 0 Å². The highest BCUT2D eigenvalue weighted by molar-refractivity contribution is 6.04. The number of H-pyrrole nitrogens is 1. The van der Waals surface area contributed by atoms with E-state index < -0.39 is 0 Å². The number of hydrogen-bond donors (Lipinski definition) is 2. The van der Waals surface area contributed by atoms with E-state index in [4.69, 9.17) is 0 Å². The lowest BCUT2D eigenvalue weighted by Crippen LogP contribution is -2.57. The number of fused-ring (bicyclic) bond motifs is 4. The van der Waals surface area contributed by atoms with Gasteiger partial charge in [-0.3, -0.25) is 4.79 Å². The number of benzene rings is 1. The number of para-hydroxylation sites is 1. The Hall–Kier alpha value is -1.59. The highest BCUT2D eigenvalue weighted by Crippen LogP contribution is 2.27. The van der Waals surface area contributed by atoms with Crippen molar-refractivity contribution >= 4 is 29.3 Å². The number of carbonyl (C=O) groups excluding carboxylic acids is 1. The molecule has 4 heterocycles. The number of nitrogens with one attached hydrogen (secondary N) is 2. The predicted octanol–water partition coefficient (Wildman–Crippen LogP) is 1.81. The molecule has 5 rings (SSSR count). The number of amides is 1. The third kappa shape index (κ3) is 2.51. The Labute approximate surface area is 129 Å². The molecule has 0 spiro atoms. The molecule has 3 aliphatic rings. The Balaban J connectivity index is 0.00000132. The number of piperidine rings is 3. The minimum absolute atomic E-state index is 0. The molecule has 6 heteroatoms. The van der Waals surface area contributed by atoms with Gasteiger partial charge in [0.25, 0.3) is 5.91 Å². The topological polar surface area (TPSA) is 61.0 Å². The Morgan fingerprint density at radius 3 is 2.86 bits per heavy atom. The summed E-state index contributed by atoms with van der Waals surface area (Å²) in [6.07, 6.45) is 4.05. The molecule has 0 saturated carbocycles. The summed E-state index contributed by atoms with van der Waals surface area (Å²) in [5, 5.41) is 3.21. The van der Waals surface area contributed by atoms with Crippen molar-refractivity contribution in [2.24, 2.45) is 5.92 Å². The van der Waals surface area contributed by atoms with Gasteiger partial charge in [-0.2, -0.15) is 0 Å². The molecule has 1 atom stereocenters. The normalized spacial score (nSPS) is 27.3. The first-order chi connectivity index (χ1) is 9.81. The summed E-state index contributed by atoms with van der Waals surface area (Å²) in [6, 6.07) is 5.97. The van der Waals surface area contributed by atoms with Crippen molar-refractivity contribution in [2.45, 2.75) is 18.9 Å². The van der Waals surface area contributed by atoms with Crippen LogP contribution in [-0.4, -0.2) is 46.5 Å². The van der Waals surface area contributed by atoms with Crippen molar-refractivity contribution in [1.29, 1.82) is 0 Å². The van der Waals surface area contributed by atoms with Crippen molar-refractivity contribution in [1.82, 2.24) is 20.2 Å². The van der Waals surface area contributed by atoms with Crippen LogP contribution in [0.2, 0.25) is 0 Å². The van der Waals surface area contributed by atoms with Gasteiger partial charge in [0, 0.05) is 12.6 Å². The quantitative estimate of drug-likeness (QED) is 0.889. The number of nitrogens with zero attached hydrogens (tertiary/aromatic N) is 2. The van der Waals surface area contributed by atoms with Crippen LogP contribution in [0.5, 0.6) is 0 Å². The lowest BCUT2D eigenvalue weighted by molar-refractivity contribution is 0.0621. The zero-order valence-electron chi connectivity index (χ0n) is 11.7. The van der Waals surface area contributed by atoms with Gasteiger partial charge in [0.1, 0.15) is 5.52 Å². The maximum atomic E-state index is 12.5. The number of halogens is 1. The van der Waals surface area contributed by atoms with Crippen LogP contribution in [0.15, 0.2) is 24.5 Å². The number of carbonyl (C=O) groups is 1. The van der Waals surface area contributed by atoms with Crippen LogP contribution in [0.25, 0.3) is 11.0 Å². The smallest absolute Gasteiger partial charge is 0.253 e. The molecule has 1 aromatic carbocycles. The second-order valence-corrected chi connectivity index (χ2v) is 5.82. The van der Waals surface area contributed by atoms with Crippen LogP contribution in [0.1, 0.15) is 23.2 Å². The van der Waals surface area contributed by atoms with E-state index >= 15 is 0 Å². The molecule has 3 saturated heterocycles. The fraction of sp³-hybridized carbons (Fsp3) is 0.467. The molecule has 3 aliphatic heterocycles. The zero-order valence-corrected chi connectivity index (χ0v) is 12.5. The predicted molar refractivity (Wildman–Crippen MR) is 83.8 cm³/mol. The van der Waals surface area contributed by atoms with Crippen molar-refractivity contribution in [2.75, 3.05) is 19.6 Å². The number of imidazole rings is 1. The molecule has 3 fully saturated rings. The van der Waals surface area contributed by atoms with E-state index in [2.05, 4.69) is 20.2 Å². The fourth-order valence-electron chi connectivity index (χ4n) is 3.52. The Morgan fingerprint density at radius 1 is 1.33 bits per heavy atom. The first-order valence-corrected chi connectivity index (χ1v) is 7.26. The third-order valence-corrected chi connectivity index (χ3v) is 4.67. The Kier molecular flexibility index (Phi) is 3.87. The van der Waals surface area contributed by atoms with Crippen LogP contribution in [0, 0.1) is 5.92 Å². The lowest BCUT2D eigenvalue weighted by Gasteiger charge is -2.44. The van der Waals surface area contributed by atoms with Crippen LogP contribution in [0.4, 0.5) is 0 Å². The molecule has 1 aromatic heterocycles. The highest BCUT2D eigenvalue weighted by atomic mass is 35.5. The van der Waals surface area contributed by atoms with E-state index in [1.807, 2.05) is 18.2 Å². The van der Waals surface area contributed by atoms with E-state index in [0.717, 1.165) is 17.6 Å². The van der Waals surface area contributed by atoms with Crippen molar-refractivity contribution < 1.29 is 4.79 Å². The minimum Gasteiger partial charge on any atom is -0.348 e. The van der Waals surface area contributed by atoms with Crippen LogP contribution >= 0.6 is 12.4 Å². The summed E-state index contributed by atoms with van der Waals surface area (Å²) in [6.45, 7) is 3.37. The first kappa shape index (κ1) is 14.4. The summed E-state index contributed by atoms with van der Waals surface area (Å²) in [5.41, 5.74) is 2.33. The number of rotatable bonds is 2. The number of aromatic nitrogens is 2. The van der Waals surface area contributed by atoms with Crippen molar-refractivity contribution in [3.8, 4) is 0 Å². The van der Waals surface area contributed by atoms with Gasteiger partial charge in [-0.25, -0.2) is 4.98 Å². The average Bonchev–Trinajstić information content (AvgIpc) is 2.96. The monoisotopic (exact) mass is 306 g/mol. The lowest BCUT2D eigenvalue weighted by atomic mass is 9.84. The summed E-state index contributed by atoms with van der Waals surface area (Å²) >= 11 is 0. The molecular weight excluding hydrogens is 288 g/mol. The molecule has 112 valence electrons. The highest BCUT2D eigenvalue weighted by Gasteiger charge is 2.35. The summed E-state index contributed by atoms with van der Waals surface area (Å²) < 4.78 is 0. The second-order valence-electron chi connectivity index (χ2n) is 5.82. The molecule has 0 unspecified atom stereocenters. The van der Waals surface area contributed by atoms with Gasteiger partial charge in [-0.15, -0.1) is 12.4 Å². The maximum absolute atomic E-state index is 12.5. The Bertz CT molecular complexity index is 648. The van der Waals surface area contributed by atoms with Gasteiger partial charge in [0.05, 0.1) is 17.4 Å². The molecule has 2 aromatic rings. The van der Waals surface area contributed by atoms with Gasteiger partial charge in [0.15, 0.2) is 0 Å². The first-order valence-electron chi connectivity index (χ1n) is 7.26. The SMILES string of the molecule is Cl.O=C(N[C@@H]1CN2CCC1CC2)c1cccc2[nH]cnc12. The van der Waals surface area contributed by atoms with E-state index in [1.165, 1.54) is 25.9 Å². The maximum Gasteiger partial charge on any atom is 0.253 e. The molecule has 0 radical (unpaired) electrons. The molecule has 0 aliphatic carbocycles. The number of hydrogen-bond acceptors (Lipinski definition) is 3. The van der Waals surface area contributed by atoms with Gasteiger partial charge in [0.2, 0.25) is 0 Å². The molecular formula is C15H19ClN4O. The second kappa shape index (κ2) is 5.66. The molecule has 2 N–H and O–H groups in total. The van der Waals surface area contributed by atoms with E-state index in [0.29, 0.717) is 17.5 Å². The fourth-order valence-corrected chi connectivity index (χ4v) is 3.52. The third-order valence-electron chi connectivity index (χ3n) is 4.67. The van der Waals surface area contributed by atoms with E-state index in [1.54, 1.807) is 6.33 Å². The molecule has 2 bridgehead atoms. The van der Waals surface area contributed by atoms with E-state index in [-0.39, 0.29) is 18.3 Å². The molecule has 1 amide bonds. The standard InChI is InChI=1S/C15H18N4O.ClH/c20-15(11-2-1-3-12-14(11)17-9-16-12)18-13-8-19-6-4-10(13)5-7-19;/h1-3,9-10,13H,4-8H2,(H,16,17)(H,18,20);1H/t13-;/m1./s1. The van der Waals surface area contributed by atoms with Crippen LogP contribution in [-0.2, 0) is 0 Å². The van der Waals surface area contributed by atoms with Gasteiger partial charge in [-0.1, -0.05) is 6.07 Å². The zero-order chi connectivity index (χ0) is 13.5. The average molecular weight is 307 g/mol. The minimum atomic E-state index is 0. The largest absolute Gasteiger partial charge is 0.348 e. The number of aromatic amines is 1. The van der Waals surface area contributed by atoms with Crippen molar-refractivity contribution in [3.05, 3.63) is 30.1 Å². The summed E-state index contributed by atoms with van der Waals surface area (Å²) in [5.74, 6) is 0.642. The molecule has 21 heavy (non-hydrogen) atoms. The van der Waals surface area contributed by atoms with Crippen molar-refractivity contribution in [3.63, 3.8) is 0 Å². The Morgan fingerprint density at radius 2 is 2.14 bits per heavy atom. The summed E-state index contributed by atoms with van der Waals surface area (Å²) in [7, 11) is 0. The summed E-state index contributed by atoms with van der Waals surface area (Å²) in [4.78, 5) is 22.3. The molecule has 5 nitrogen and oxygen atoms in total. The van der Waals surface area contributed by atoms with Gasteiger partial charge < -0.3 is 15.2 Å². The van der Waals surface area contributed by atoms with Gasteiger partial charge >= 0.3 is 0 Å². The van der Waals surface area contributed by atoms with Gasteiger partial charge in [-0.05, 0) is 44.0 Å².